The summed E-state index contributed by atoms with van der Waals surface area (Å²) in [5, 5.41) is 11.1. The highest BCUT2D eigenvalue weighted by Gasteiger charge is 2.19. The predicted molar refractivity (Wildman–Crippen MR) is 129 cm³/mol. The molecule has 4 amide bonds. The second-order valence-corrected chi connectivity index (χ2v) is 7.37. The van der Waals surface area contributed by atoms with Gasteiger partial charge in [0.15, 0.2) is 5.78 Å². The van der Waals surface area contributed by atoms with Crippen LogP contribution in [0.4, 0.5) is 15.3 Å². The number of hydrogen-bond donors (Lipinski definition) is 4. The highest BCUT2D eigenvalue weighted by molar-refractivity contribution is 5.89. The quantitative estimate of drug-likeness (QED) is 0.334. The molecule has 2 unspecified atom stereocenters. The van der Waals surface area contributed by atoms with Crippen LogP contribution in [0.15, 0.2) is 30.3 Å². The number of ketones is 2. The Bertz CT molecular complexity index is 694. The number of carbonyl (C=O) groups is 4. The standard InChI is InChI=1S/C22H34N4O4.C2H6/c1-4-18(24-22(30)26-20(17(3)28)14-13-16(2)27)10-8-9-15-23-21(29)25-19-11-6-5-7-12-19;1-2/h5-7,11-12,18,20H,4,8-10,13-15H2,1-3H3,(H2,23,25,29)(H2,24,26,30);1-2H3. The van der Waals surface area contributed by atoms with Crippen molar-refractivity contribution in [3.63, 3.8) is 0 Å². The monoisotopic (exact) mass is 448 g/mol. The zero-order chi connectivity index (χ0) is 24.4. The first-order valence-corrected chi connectivity index (χ1v) is 11.5. The van der Waals surface area contributed by atoms with Gasteiger partial charge in [0, 0.05) is 24.7 Å². The van der Waals surface area contributed by atoms with Crippen LogP contribution >= 0.6 is 0 Å². The van der Waals surface area contributed by atoms with Gasteiger partial charge in [-0.1, -0.05) is 39.0 Å². The molecule has 8 heteroatoms. The first-order valence-electron chi connectivity index (χ1n) is 11.5. The van der Waals surface area contributed by atoms with Crippen LogP contribution in [0.2, 0.25) is 0 Å². The molecule has 0 aliphatic carbocycles. The van der Waals surface area contributed by atoms with Gasteiger partial charge in [0.05, 0.1) is 6.04 Å². The van der Waals surface area contributed by atoms with Gasteiger partial charge in [-0.3, -0.25) is 4.79 Å². The molecule has 0 aliphatic rings. The van der Waals surface area contributed by atoms with E-state index in [1.165, 1.54) is 13.8 Å². The molecule has 1 aromatic carbocycles. The van der Waals surface area contributed by atoms with Crippen molar-refractivity contribution in [3.8, 4) is 0 Å². The van der Waals surface area contributed by atoms with Crippen molar-refractivity contribution in [2.24, 2.45) is 0 Å². The van der Waals surface area contributed by atoms with Crippen LogP contribution in [-0.4, -0.2) is 42.3 Å². The summed E-state index contributed by atoms with van der Waals surface area (Å²) in [4.78, 5) is 46.8. The Kier molecular flexibility index (Phi) is 16.1. The minimum atomic E-state index is -0.654. The van der Waals surface area contributed by atoms with Crippen molar-refractivity contribution in [1.29, 1.82) is 0 Å². The molecular formula is C24H40N4O4. The molecule has 0 aliphatic heterocycles. The Balaban J connectivity index is 0.00000466. The van der Waals surface area contributed by atoms with Crippen molar-refractivity contribution in [1.82, 2.24) is 16.0 Å². The van der Waals surface area contributed by atoms with Crippen LogP contribution in [0.3, 0.4) is 0 Å². The predicted octanol–water partition coefficient (Wildman–Crippen LogP) is 4.41. The molecule has 0 heterocycles. The summed E-state index contributed by atoms with van der Waals surface area (Å²) in [5.74, 6) is -0.180. The maximum atomic E-state index is 12.2. The van der Waals surface area contributed by atoms with Gasteiger partial charge in [-0.15, -0.1) is 0 Å². The van der Waals surface area contributed by atoms with Crippen molar-refractivity contribution >= 4 is 29.3 Å². The maximum Gasteiger partial charge on any atom is 0.319 e. The molecule has 0 spiro atoms. The number of Topliss-reactive ketones (excluding diaryl/α,β-unsaturated/α-hetero) is 2. The number of benzene rings is 1. The van der Waals surface area contributed by atoms with Crippen LogP contribution in [0.25, 0.3) is 0 Å². The minimum absolute atomic E-state index is 0.0130. The van der Waals surface area contributed by atoms with E-state index < -0.39 is 12.1 Å². The lowest BCUT2D eigenvalue weighted by molar-refractivity contribution is -0.119. The lowest BCUT2D eigenvalue weighted by Crippen LogP contribution is -2.48. The fourth-order valence-electron chi connectivity index (χ4n) is 2.90. The van der Waals surface area contributed by atoms with E-state index in [0.717, 1.165) is 31.4 Å². The summed E-state index contributed by atoms with van der Waals surface area (Å²) < 4.78 is 0. The second kappa shape index (κ2) is 17.7. The number of urea groups is 2. The van der Waals surface area contributed by atoms with E-state index in [0.29, 0.717) is 13.0 Å². The van der Waals surface area contributed by atoms with Crippen LogP contribution < -0.4 is 21.3 Å². The van der Waals surface area contributed by atoms with Crippen molar-refractivity contribution in [2.75, 3.05) is 11.9 Å². The topological polar surface area (TPSA) is 116 Å². The van der Waals surface area contributed by atoms with E-state index in [1.807, 2.05) is 51.1 Å². The van der Waals surface area contributed by atoms with E-state index in [1.54, 1.807) is 0 Å². The van der Waals surface area contributed by atoms with Crippen LogP contribution in [-0.2, 0) is 9.59 Å². The highest BCUT2D eigenvalue weighted by Crippen LogP contribution is 2.06. The number of anilines is 1. The van der Waals surface area contributed by atoms with Gasteiger partial charge < -0.3 is 26.1 Å². The largest absolute Gasteiger partial charge is 0.338 e. The number of unbranched alkanes of at least 4 members (excludes halogenated alkanes) is 1. The third kappa shape index (κ3) is 14.2. The van der Waals surface area contributed by atoms with Crippen LogP contribution in [0.5, 0.6) is 0 Å². The van der Waals surface area contributed by atoms with Gasteiger partial charge in [0.25, 0.3) is 0 Å². The van der Waals surface area contributed by atoms with E-state index in [9.17, 15) is 19.2 Å². The molecule has 0 radical (unpaired) electrons. The summed E-state index contributed by atoms with van der Waals surface area (Å²) in [6, 6.07) is 7.91. The molecule has 0 saturated heterocycles. The zero-order valence-corrected chi connectivity index (χ0v) is 20.1. The van der Waals surface area contributed by atoms with Gasteiger partial charge in [-0.2, -0.15) is 0 Å². The molecule has 1 rings (SSSR count). The smallest absolute Gasteiger partial charge is 0.319 e. The number of carbonyl (C=O) groups excluding carboxylic acids is 4. The Morgan fingerprint density at radius 1 is 0.875 bits per heavy atom. The van der Waals surface area contributed by atoms with Crippen molar-refractivity contribution < 1.29 is 19.2 Å². The third-order valence-corrected chi connectivity index (χ3v) is 4.71. The van der Waals surface area contributed by atoms with Crippen LogP contribution in [0, 0.1) is 0 Å². The third-order valence-electron chi connectivity index (χ3n) is 4.71. The SMILES string of the molecule is CC.CCC(CCCCNC(=O)Nc1ccccc1)NC(=O)NC(CCC(C)=O)C(C)=O. The molecule has 2 atom stereocenters. The highest BCUT2D eigenvalue weighted by atomic mass is 16.2. The van der Waals surface area contributed by atoms with Gasteiger partial charge in [0.1, 0.15) is 5.78 Å². The molecule has 0 bridgehead atoms. The first kappa shape index (κ1) is 29.1. The molecule has 0 saturated carbocycles. The fraction of sp³-hybridized carbons (Fsp3) is 0.583. The summed E-state index contributed by atoms with van der Waals surface area (Å²) in [6.45, 7) is 9.39. The zero-order valence-electron chi connectivity index (χ0n) is 20.1. The van der Waals surface area contributed by atoms with E-state index in [2.05, 4.69) is 21.3 Å². The number of hydrogen-bond acceptors (Lipinski definition) is 4. The molecule has 4 N–H and O–H groups in total. The minimum Gasteiger partial charge on any atom is -0.338 e. The number of nitrogens with one attached hydrogen (secondary N) is 4. The number of amides is 4. The molecular weight excluding hydrogens is 408 g/mol. The molecule has 0 aromatic heterocycles. The van der Waals surface area contributed by atoms with Crippen molar-refractivity contribution in [2.45, 2.75) is 85.2 Å². The summed E-state index contributed by atoms with van der Waals surface area (Å²) >= 11 is 0. The molecule has 1 aromatic rings. The Hall–Kier alpha value is -2.90. The Morgan fingerprint density at radius 2 is 1.53 bits per heavy atom. The van der Waals surface area contributed by atoms with Crippen molar-refractivity contribution in [3.05, 3.63) is 30.3 Å². The van der Waals surface area contributed by atoms with E-state index in [4.69, 9.17) is 0 Å². The average Bonchev–Trinajstić information content (AvgIpc) is 2.77. The number of rotatable bonds is 13. The summed E-state index contributed by atoms with van der Waals surface area (Å²) in [7, 11) is 0. The molecule has 180 valence electrons. The van der Waals surface area contributed by atoms with Gasteiger partial charge in [-0.05, 0) is 58.1 Å². The lowest BCUT2D eigenvalue weighted by Gasteiger charge is -2.20. The molecule has 8 nitrogen and oxygen atoms in total. The normalized spacial score (nSPS) is 11.8. The molecule has 0 fully saturated rings. The fourth-order valence-corrected chi connectivity index (χ4v) is 2.90. The molecule has 32 heavy (non-hydrogen) atoms. The first-order chi connectivity index (χ1) is 15.3. The number of para-hydroxylation sites is 1. The van der Waals surface area contributed by atoms with E-state index in [-0.39, 0.29) is 30.1 Å². The Morgan fingerprint density at radius 3 is 2.09 bits per heavy atom. The van der Waals surface area contributed by atoms with Gasteiger partial charge in [-0.25, -0.2) is 9.59 Å². The summed E-state index contributed by atoms with van der Waals surface area (Å²) in [6.07, 6.45) is 3.72. The summed E-state index contributed by atoms with van der Waals surface area (Å²) in [5.41, 5.74) is 0.739. The lowest BCUT2D eigenvalue weighted by atomic mass is 10.1. The average molecular weight is 449 g/mol. The Labute approximate surface area is 192 Å². The van der Waals surface area contributed by atoms with E-state index >= 15 is 0 Å². The second-order valence-electron chi connectivity index (χ2n) is 7.37. The van der Waals surface area contributed by atoms with Gasteiger partial charge in [0.2, 0.25) is 0 Å². The van der Waals surface area contributed by atoms with Crippen LogP contribution in [0.1, 0.15) is 73.1 Å². The van der Waals surface area contributed by atoms with Gasteiger partial charge >= 0.3 is 12.1 Å². The maximum absolute atomic E-state index is 12.2.